The van der Waals surface area contributed by atoms with E-state index in [-0.39, 0.29) is 29.3 Å². The molecule has 1 fully saturated rings. The highest BCUT2D eigenvalue weighted by Crippen LogP contribution is 2.50. The first-order valence-corrected chi connectivity index (χ1v) is 10.6. The summed E-state index contributed by atoms with van der Waals surface area (Å²) in [6, 6.07) is 6.15. The second-order valence-electron chi connectivity index (χ2n) is 8.68. The van der Waals surface area contributed by atoms with Crippen molar-refractivity contribution in [2.75, 3.05) is 11.9 Å². The summed E-state index contributed by atoms with van der Waals surface area (Å²) in [5.41, 5.74) is 4.55. The molecule has 160 valence electrons. The van der Waals surface area contributed by atoms with Gasteiger partial charge in [-0.05, 0) is 45.9 Å². The van der Waals surface area contributed by atoms with E-state index in [1.165, 1.54) is 12.1 Å². The second-order valence-corrected chi connectivity index (χ2v) is 10.4. The molecule has 2 atom stereocenters. The molecule has 1 amide bonds. The van der Waals surface area contributed by atoms with Crippen molar-refractivity contribution in [2.24, 2.45) is 11.1 Å². The molecule has 0 heterocycles. The number of ether oxygens (including phenoxy) is 1. The maximum atomic E-state index is 12.8. The fraction of sp³-hybridized carbons (Fsp3) is 0.632. The molecule has 1 aliphatic carbocycles. The molecule has 2 unspecified atom stereocenters. The maximum Gasteiger partial charge on any atom is 0.245 e. The number of anilines is 1. The van der Waals surface area contributed by atoms with Crippen LogP contribution in [-0.2, 0) is 19.6 Å². The van der Waals surface area contributed by atoms with E-state index in [9.17, 15) is 13.2 Å². The van der Waals surface area contributed by atoms with E-state index in [1.807, 2.05) is 20.8 Å². The third-order valence-electron chi connectivity index (χ3n) is 5.08. The number of halogens is 1. The number of nitrogens with two attached hydrogens (primary N) is 1. The van der Waals surface area contributed by atoms with Gasteiger partial charge in [0.2, 0.25) is 15.9 Å². The Morgan fingerprint density at radius 2 is 1.93 bits per heavy atom. The highest BCUT2D eigenvalue weighted by atomic mass is 35.5. The summed E-state index contributed by atoms with van der Waals surface area (Å²) < 4.78 is 33.3. The van der Waals surface area contributed by atoms with Gasteiger partial charge in [0.15, 0.2) is 0 Å². The highest BCUT2D eigenvalue weighted by Gasteiger charge is 2.62. The van der Waals surface area contributed by atoms with Crippen LogP contribution in [0.25, 0.3) is 0 Å². The predicted octanol–water partition coefficient (Wildman–Crippen LogP) is 2.66. The average molecular weight is 434 g/mol. The number of sulfonamides is 1. The zero-order valence-electron chi connectivity index (χ0n) is 17.3. The topological polar surface area (TPSA) is 111 Å². The summed E-state index contributed by atoms with van der Waals surface area (Å²) >= 11 is 0. The molecule has 1 aliphatic rings. The van der Waals surface area contributed by atoms with Gasteiger partial charge in [-0.25, -0.2) is 13.1 Å². The molecule has 4 N–H and O–H groups in total. The molecular formula is C19H32ClN3O4S. The summed E-state index contributed by atoms with van der Waals surface area (Å²) in [5, 5.41) is 2.77. The molecule has 0 aliphatic heterocycles. The van der Waals surface area contributed by atoms with Crippen molar-refractivity contribution in [3.05, 3.63) is 24.3 Å². The zero-order chi connectivity index (χ0) is 20.7. The van der Waals surface area contributed by atoms with E-state index in [2.05, 4.69) is 10.0 Å². The van der Waals surface area contributed by atoms with E-state index in [4.69, 9.17) is 10.5 Å². The third kappa shape index (κ3) is 4.86. The molecular weight excluding hydrogens is 402 g/mol. The van der Waals surface area contributed by atoms with E-state index in [0.717, 1.165) is 0 Å². The number of hydrogen-bond acceptors (Lipinski definition) is 5. The summed E-state index contributed by atoms with van der Waals surface area (Å²) in [7, 11) is -3.69. The minimum atomic E-state index is -3.69. The van der Waals surface area contributed by atoms with Gasteiger partial charge in [-0.3, -0.25) is 4.79 Å². The number of rotatable bonds is 6. The molecule has 0 radical (unpaired) electrons. The number of amides is 1. The van der Waals surface area contributed by atoms with Gasteiger partial charge in [0, 0.05) is 29.7 Å². The predicted molar refractivity (Wildman–Crippen MR) is 113 cm³/mol. The van der Waals surface area contributed by atoms with E-state index in [1.54, 1.807) is 32.9 Å². The Balaban J connectivity index is 0.00000392. The van der Waals surface area contributed by atoms with Crippen molar-refractivity contribution in [3.63, 3.8) is 0 Å². The van der Waals surface area contributed by atoms with Crippen LogP contribution in [0.5, 0.6) is 0 Å². The Bertz CT molecular complexity index is 821. The first-order valence-electron chi connectivity index (χ1n) is 9.09. The van der Waals surface area contributed by atoms with Crippen LogP contribution in [0, 0.1) is 5.41 Å². The van der Waals surface area contributed by atoms with Gasteiger partial charge in [-0.2, -0.15) is 0 Å². The van der Waals surface area contributed by atoms with Crippen LogP contribution in [0.4, 0.5) is 5.69 Å². The monoisotopic (exact) mass is 433 g/mol. The lowest BCUT2D eigenvalue weighted by atomic mass is 9.54. The lowest BCUT2D eigenvalue weighted by Gasteiger charge is -2.57. The number of carbonyl (C=O) groups excluding carboxylic acids is 1. The van der Waals surface area contributed by atoms with E-state index in [0.29, 0.717) is 18.7 Å². The quantitative estimate of drug-likeness (QED) is 0.638. The van der Waals surface area contributed by atoms with Crippen molar-refractivity contribution >= 4 is 34.0 Å². The van der Waals surface area contributed by atoms with Crippen LogP contribution < -0.4 is 15.8 Å². The van der Waals surface area contributed by atoms with Crippen molar-refractivity contribution in [3.8, 4) is 0 Å². The number of benzene rings is 1. The Hall–Kier alpha value is -1.19. The molecule has 1 saturated carbocycles. The second kappa shape index (κ2) is 8.28. The van der Waals surface area contributed by atoms with Gasteiger partial charge in [-0.15, -0.1) is 12.4 Å². The molecule has 7 nitrogen and oxygen atoms in total. The highest BCUT2D eigenvalue weighted by molar-refractivity contribution is 7.89. The van der Waals surface area contributed by atoms with Crippen LogP contribution >= 0.6 is 12.4 Å². The van der Waals surface area contributed by atoms with Crippen LogP contribution in [-0.4, -0.2) is 38.1 Å². The van der Waals surface area contributed by atoms with Crippen molar-refractivity contribution in [2.45, 2.75) is 70.0 Å². The van der Waals surface area contributed by atoms with Crippen LogP contribution in [0.1, 0.15) is 48.0 Å². The Morgan fingerprint density at radius 3 is 2.43 bits per heavy atom. The van der Waals surface area contributed by atoms with E-state index >= 15 is 0 Å². The molecule has 0 aromatic heterocycles. The Kier molecular flexibility index (Phi) is 7.35. The summed E-state index contributed by atoms with van der Waals surface area (Å²) in [6.07, 6.45) is 0.337. The largest absolute Gasteiger partial charge is 0.378 e. The zero-order valence-corrected chi connectivity index (χ0v) is 19.0. The molecule has 2 rings (SSSR count). The SMILES string of the molecule is CCOC1CC(N)(C(=O)Nc2cccc(S(=O)(=O)NC(C)(C)C)c2)C1(C)C.Cl. The molecule has 1 aromatic rings. The first kappa shape index (κ1) is 24.8. The minimum Gasteiger partial charge on any atom is -0.378 e. The summed E-state index contributed by atoms with van der Waals surface area (Å²) in [4.78, 5) is 12.9. The lowest BCUT2D eigenvalue weighted by Crippen LogP contribution is -2.74. The number of nitrogens with one attached hydrogen (secondary N) is 2. The van der Waals surface area contributed by atoms with Gasteiger partial charge < -0.3 is 15.8 Å². The van der Waals surface area contributed by atoms with Crippen LogP contribution in [0.2, 0.25) is 0 Å². The minimum absolute atomic E-state index is 0. The van der Waals surface area contributed by atoms with Gasteiger partial charge in [0.1, 0.15) is 5.54 Å². The third-order valence-corrected chi connectivity index (χ3v) is 6.83. The molecule has 9 heteroatoms. The van der Waals surface area contributed by atoms with Gasteiger partial charge >= 0.3 is 0 Å². The molecule has 28 heavy (non-hydrogen) atoms. The van der Waals surface area contributed by atoms with Crippen LogP contribution in [0.15, 0.2) is 29.2 Å². The van der Waals surface area contributed by atoms with Crippen molar-refractivity contribution < 1.29 is 17.9 Å². The fourth-order valence-corrected chi connectivity index (χ4v) is 4.73. The van der Waals surface area contributed by atoms with Gasteiger partial charge in [0.25, 0.3) is 0 Å². The molecule has 0 bridgehead atoms. The van der Waals surface area contributed by atoms with Crippen molar-refractivity contribution in [1.29, 1.82) is 0 Å². The van der Waals surface area contributed by atoms with E-state index < -0.39 is 26.5 Å². The maximum absolute atomic E-state index is 12.8. The van der Waals surface area contributed by atoms with Crippen LogP contribution in [0.3, 0.4) is 0 Å². The fourth-order valence-electron chi connectivity index (χ4n) is 3.27. The standard InChI is InChI=1S/C19H31N3O4S.ClH/c1-7-26-15-12-19(20,18(15,5)6)16(23)21-13-9-8-10-14(11-13)27(24,25)22-17(2,3)4;/h8-11,15,22H,7,12,20H2,1-6H3,(H,21,23);1H. The normalized spacial score (nSPS) is 24.0. The molecule has 0 spiro atoms. The van der Waals surface area contributed by atoms with Gasteiger partial charge in [0.05, 0.1) is 11.0 Å². The van der Waals surface area contributed by atoms with Crippen molar-refractivity contribution in [1.82, 2.24) is 4.72 Å². The number of hydrogen-bond donors (Lipinski definition) is 3. The lowest BCUT2D eigenvalue weighted by molar-refractivity contribution is -0.166. The Labute approximate surface area is 174 Å². The first-order chi connectivity index (χ1) is 12.2. The summed E-state index contributed by atoms with van der Waals surface area (Å²) in [5.74, 6) is -0.346. The van der Waals surface area contributed by atoms with Gasteiger partial charge in [-0.1, -0.05) is 19.9 Å². The molecule has 1 aromatic carbocycles. The summed E-state index contributed by atoms with van der Waals surface area (Å²) in [6.45, 7) is 11.6. The molecule has 0 saturated heterocycles. The smallest absolute Gasteiger partial charge is 0.245 e. The average Bonchev–Trinajstić information content (AvgIpc) is 2.52. The Morgan fingerprint density at radius 1 is 1.32 bits per heavy atom. The number of carbonyl (C=O) groups is 1.